The molecule has 0 saturated carbocycles. The summed E-state index contributed by atoms with van der Waals surface area (Å²) < 4.78 is 61.3. The number of rotatable bonds is 7. The highest BCUT2D eigenvalue weighted by atomic mass is 32.2. The van der Waals surface area contributed by atoms with Gasteiger partial charge in [-0.1, -0.05) is 18.2 Å². The number of carbonyl (C=O) groups excluding carboxylic acids is 1. The second-order valence-corrected chi connectivity index (χ2v) is 11.9. The van der Waals surface area contributed by atoms with E-state index in [1.54, 1.807) is 36.5 Å². The average molecular weight is 555 g/mol. The number of nitrogens with zero attached hydrogens (tertiary/aromatic N) is 2. The van der Waals surface area contributed by atoms with E-state index in [0.717, 1.165) is 17.7 Å². The summed E-state index contributed by atoms with van der Waals surface area (Å²) in [5.74, 6) is -2.54. The van der Waals surface area contributed by atoms with Gasteiger partial charge in [0.25, 0.3) is 0 Å². The van der Waals surface area contributed by atoms with Crippen molar-refractivity contribution in [2.75, 3.05) is 13.1 Å². The van der Waals surface area contributed by atoms with E-state index in [1.807, 2.05) is 6.92 Å². The number of halogens is 2. The van der Waals surface area contributed by atoms with Crippen molar-refractivity contribution in [2.24, 2.45) is 5.73 Å². The molecule has 5 rings (SSSR count). The Morgan fingerprint density at radius 1 is 1.15 bits per heavy atom. The van der Waals surface area contributed by atoms with E-state index in [4.69, 9.17) is 10.5 Å². The van der Waals surface area contributed by atoms with E-state index >= 15 is 0 Å². The van der Waals surface area contributed by atoms with Crippen LogP contribution in [-0.2, 0) is 21.1 Å². The summed E-state index contributed by atoms with van der Waals surface area (Å²) in [5, 5.41) is 0.0286. The summed E-state index contributed by atoms with van der Waals surface area (Å²) in [6.07, 6.45) is 3.68. The molecule has 3 N–H and O–H groups in total. The van der Waals surface area contributed by atoms with Gasteiger partial charge in [-0.15, -0.1) is 0 Å². The highest BCUT2D eigenvalue weighted by molar-refractivity contribution is 7.92. The zero-order valence-electron chi connectivity index (χ0n) is 21.2. The molecule has 1 unspecified atom stereocenters. The predicted octanol–water partition coefficient (Wildman–Crippen LogP) is 4.28. The SMILES string of the molecule is Cc1c[nH]c2nccc(Oc3c(F)cc(CC(N)C(=O)N4CCC(S(=O)(=O)c5ccccc5)CC4)cc3F)c12. The van der Waals surface area contributed by atoms with Gasteiger partial charge in [-0.3, -0.25) is 4.79 Å². The zero-order valence-corrected chi connectivity index (χ0v) is 22.0. The van der Waals surface area contributed by atoms with Crippen LogP contribution in [-0.4, -0.2) is 53.6 Å². The first kappa shape index (κ1) is 26.8. The smallest absolute Gasteiger partial charge is 0.239 e. The van der Waals surface area contributed by atoms with Crippen LogP contribution in [0, 0.1) is 18.6 Å². The number of aromatic nitrogens is 2. The number of pyridine rings is 1. The third kappa shape index (κ3) is 5.37. The average Bonchev–Trinajstić information content (AvgIpc) is 3.32. The standard InChI is InChI=1S/C28H28F2N4O4S/c1-17-16-33-27-25(17)24(7-10-32-27)38-26-21(29)13-18(14-22(26)30)15-23(31)28(35)34-11-8-20(9-12-34)39(36,37)19-5-3-2-4-6-19/h2-7,10,13-14,16,20,23H,8-9,11-12,15,31H2,1H3,(H,32,33). The largest absolute Gasteiger partial charge is 0.450 e. The number of aromatic amines is 1. The number of nitrogens with two attached hydrogens (primary N) is 1. The molecule has 204 valence electrons. The topological polar surface area (TPSA) is 118 Å². The Labute approximate surface area is 224 Å². The minimum absolute atomic E-state index is 0.0916. The Bertz CT molecular complexity index is 1590. The Hall–Kier alpha value is -3.83. The number of sulfone groups is 1. The van der Waals surface area contributed by atoms with E-state index < -0.39 is 44.4 Å². The molecule has 1 fully saturated rings. The molecule has 3 heterocycles. The minimum atomic E-state index is -3.50. The number of piperidine rings is 1. The molecule has 39 heavy (non-hydrogen) atoms. The number of nitrogens with one attached hydrogen (secondary N) is 1. The zero-order chi connectivity index (χ0) is 27.7. The quantitative estimate of drug-likeness (QED) is 0.352. The molecule has 0 aliphatic carbocycles. The lowest BCUT2D eigenvalue weighted by molar-refractivity contribution is -0.133. The van der Waals surface area contributed by atoms with E-state index in [2.05, 4.69) is 9.97 Å². The third-order valence-corrected chi connectivity index (χ3v) is 9.32. The van der Waals surface area contributed by atoms with Crippen molar-refractivity contribution in [3.8, 4) is 11.5 Å². The summed E-state index contributed by atoms with van der Waals surface area (Å²) in [4.78, 5) is 21.9. The number of carbonyl (C=O) groups is 1. The number of fused-ring (bicyclic) bond motifs is 1. The van der Waals surface area contributed by atoms with Gasteiger partial charge >= 0.3 is 0 Å². The summed E-state index contributed by atoms with van der Waals surface area (Å²) in [6.45, 7) is 2.29. The second kappa shape index (κ2) is 10.7. The van der Waals surface area contributed by atoms with Gasteiger partial charge in [0.2, 0.25) is 5.91 Å². The maximum absolute atomic E-state index is 14.9. The molecule has 2 aromatic carbocycles. The van der Waals surface area contributed by atoms with Crippen molar-refractivity contribution in [3.05, 3.63) is 83.7 Å². The maximum atomic E-state index is 14.9. The number of hydrogen-bond acceptors (Lipinski definition) is 6. The summed E-state index contributed by atoms with van der Waals surface area (Å²) in [5.41, 5.74) is 7.68. The Morgan fingerprint density at radius 3 is 2.49 bits per heavy atom. The Balaban J connectivity index is 1.23. The Kier molecular flexibility index (Phi) is 7.37. The summed E-state index contributed by atoms with van der Waals surface area (Å²) in [7, 11) is -3.50. The maximum Gasteiger partial charge on any atom is 0.239 e. The van der Waals surface area contributed by atoms with Gasteiger partial charge < -0.3 is 20.4 Å². The van der Waals surface area contributed by atoms with Crippen molar-refractivity contribution in [2.45, 2.75) is 42.4 Å². The van der Waals surface area contributed by atoms with Crippen molar-refractivity contribution in [3.63, 3.8) is 0 Å². The number of aryl methyl sites for hydroxylation is 1. The van der Waals surface area contributed by atoms with Crippen molar-refractivity contribution in [1.29, 1.82) is 0 Å². The van der Waals surface area contributed by atoms with Crippen molar-refractivity contribution < 1.29 is 26.7 Å². The first-order chi connectivity index (χ1) is 18.6. The summed E-state index contributed by atoms with van der Waals surface area (Å²) in [6, 6.07) is 10.9. The number of ether oxygens (including phenoxy) is 1. The van der Waals surface area contributed by atoms with Gasteiger partial charge in [0.15, 0.2) is 27.2 Å². The fourth-order valence-corrected chi connectivity index (χ4v) is 6.72. The lowest BCUT2D eigenvalue weighted by Gasteiger charge is -2.33. The molecule has 2 aromatic heterocycles. The van der Waals surface area contributed by atoms with E-state index in [9.17, 15) is 22.0 Å². The van der Waals surface area contributed by atoms with Gasteiger partial charge in [0.05, 0.1) is 21.6 Å². The number of hydrogen-bond donors (Lipinski definition) is 2. The van der Waals surface area contributed by atoms with Gasteiger partial charge in [0, 0.05) is 25.5 Å². The highest BCUT2D eigenvalue weighted by Gasteiger charge is 2.34. The van der Waals surface area contributed by atoms with Gasteiger partial charge in [0.1, 0.15) is 11.4 Å². The van der Waals surface area contributed by atoms with Gasteiger partial charge in [-0.2, -0.15) is 0 Å². The van der Waals surface area contributed by atoms with Crippen LogP contribution in [0.4, 0.5) is 8.78 Å². The van der Waals surface area contributed by atoms with Crippen LogP contribution >= 0.6 is 0 Å². The number of H-pyrrole nitrogens is 1. The molecule has 11 heteroatoms. The third-order valence-electron chi connectivity index (χ3n) is 7.04. The minimum Gasteiger partial charge on any atom is -0.450 e. The molecular formula is C28H28F2N4O4S. The summed E-state index contributed by atoms with van der Waals surface area (Å²) >= 11 is 0. The van der Waals surface area contributed by atoms with Crippen LogP contribution in [0.25, 0.3) is 11.0 Å². The lowest BCUT2D eigenvalue weighted by atomic mass is 10.0. The second-order valence-electron chi connectivity index (χ2n) is 9.69. The molecule has 1 aliphatic rings. The molecule has 1 saturated heterocycles. The van der Waals surface area contributed by atoms with E-state index in [-0.39, 0.29) is 48.6 Å². The van der Waals surface area contributed by atoms with Crippen LogP contribution in [0.5, 0.6) is 11.5 Å². The van der Waals surface area contributed by atoms with Crippen LogP contribution in [0.3, 0.4) is 0 Å². The van der Waals surface area contributed by atoms with E-state index in [1.165, 1.54) is 17.2 Å². The molecule has 8 nitrogen and oxygen atoms in total. The monoisotopic (exact) mass is 554 g/mol. The van der Waals surface area contributed by atoms with Crippen molar-refractivity contribution >= 4 is 26.8 Å². The fourth-order valence-electron chi connectivity index (χ4n) is 4.97. The van der Waals surface area contributed by atoms with Gasteiger partial charge in [-0.05, 0) is 67.6 Å². The Morgan fingerprint density at radius 2 is 1.82 bits per heavy atom. The normalized spacial score (nSPS) is 15.4. The van der Waals surface area contributed by atoms with Crippen LogP contribution < -0.4 is 10.5 Å². The predicted molar refractivity (Wildman–Crippen MR) is 142 cm³/mol. The molecule has 4 aromatic rings. The molecule has 1 atom stereocenters. The van der Waals surface area contributed by atoms with Crippen LogP contribution in [0.2, 0.25) is 0 Å². The molecule has 0 radical (unpaired) electrons. The van der Waals surface area contributed by atoms with Crippen LogP contribution in [0.15, 0.2) is 65.8 Å². The van der Waals surface area contributed by atoms with Gasteiger partial charge in [-0.25, -0.2) is 22.2 Å². The number of benzene rings is 2. The van der Waals surface area contributed by atoms with E-state index in [0.29, 0.717) is 11.0 Å². The first-order valence-corrected chi connectivity index (χ1v) is 14.1. The van der Waals surface area contributed by atoms with Crippen LogP contribution in [0.1, 0.15) is 24.0 Å². The molecule has 1 aliphatic heterocycles. The molecular weight excluding hydrogens is 526 g/mol. The molecule has 0 bridgehead atoms. The molecule has 1 amide bonds. The molecule has 0 spiro atoms. The fraction of sp³-hybridized carbons (Fsp3) is 0.286. The highest BCUT2D eigenvalue weighted by Crippen LogP contribution is 2.34. The van der Waals surface area contributed by atoms with Crippen molar-refractivity contribution in [1.82, 2.24) is 14.9 Å². The number of likely N-dealkylation sites (tertiary alicyclic amines) is 1. The lowest BCUT2D eigenvalue weighted by Crippen LogP contribution is -2.49. The first-order valence-electron chi connectivity index (χ1n) is 12.6. The number of amides is 1.